The topological polar surface area (TPSA) is 67.9 Å². The third kappa shape index (κ3) is 5.94. The maximum atomic E-state index is 13.8. The number of carbonyl (C=O) groups excluding carboxylic acids is 2. The van der Waals surface area contributed by atoms with Crippen LogP contribution < -0.4 is 10.1 Å². The molecular formula is C20H22F2N2O4. The highest BCUT2D eigenvalue weighted by Crippen LogP contribution is 2.19. The molecule has 0 saturated carbocycles. The fraction of sp³-hybridized carbons (Fsp3) is 0.300. The van der Waals surface area contributed by atoms with E-state index in [0.29, 0.717) is 5.75 Å². The molecule has 2 aromatic carbocycles. The Bertz CT molecular complexity index is 792. The normalized spacial score (nSPS) is 10.3. The molecule has 0 fully saturated rings. The molecule has 0 unspecified atom stereocenters. The molecule has 2 amide bonds. The van der Waals surface area contributed by atoms with Crippen molar-refractivity contribution in [1.82, 2.24) is 4.90 Å². The average Bonchev–Trinajstić information content (AvgIpc) is 2.68. The molecule has 0 heterocycles. The van der Waals surface area contributed by atoms with Crippen molar-refractivity contribution in [2.24, 2.45) is 0 Å². The largest absolute Gasteiger partial charge is 0.497 e. The summed E-state index contributed by atoms with van der Waals surface area (Å²) < 4.78 is 37.6. The number of esters is 1. The Balaban J connectivity index is 2.15. The highest BCUT2D eigenvalue weighted by Gasteiger charge is 2.19. The van der Waals surface area contributed by atoms with Crippen molar-refractivity contribution in [2.45, 2.75) is 19.9 Å². The lowest BCUT2D eigenvalue weighted by atomic mass is 10.2. The monoisotopic (exact) mass is 392 g/mol. The summed E-state index contributed by atoms with van der Waals surface area (Å²) in [6.45, 7) is 2.06. The van der Waals surface area contributed by atoms with Crippen LogP contribution in [0.3, 0.4) is 0 Å². The summed E-state index contributed by atoms with van der Waals surface area (Å²) in [6, 6.07) is 9.54. The number of hydrogen-bond donors (Lipinski definition) is 1. The Morgan fingerprint density at radius 2 is 1.71 bits per heavy atom. The minimum Gasteiger partial charge on any atom is -0.497 e. The summed E-state index contributed by atoms with van der Waals surface area (Å²) in [5.74, 6) is -1.59. The summed E-state index contributed by atoms with van der Waals surface area (Å²) >= 11 is 0. The number of methoxy groups -OCH3 is 1. The first-order chi connectivity index (χ1) is 13.4. The number of benzene rings is 2. The molecule has 1 N–H and O–H groups in total. The quantitative estimate of drug-likeness (QED) is 0.691. The zero-order valence-corrected chi connectivity index (χ0v) is 15.7. The molecular weight excluding hydrogens is 370 g/mol. The van der Waals surface area contributed by atoms with Crippen LogP contribution in [0.15, 0.2) is 42.5 Å². The fourth-order valence-corrected chi connectivity index (χ4v) is 2.47. The van der Waals surface area contributed by atoms with Gasteiger partial charge in [0.25, 0.3) is 0 Å². The van der Waals surface area contributed by atoms with Crippen LogP contribution in [0, 0.1) is 11.6 Å². The van der Waals surface area contributed by atoms with Crippen molar-refractivity contribution < 1.29 is 27.8 Å². The lowest BCUT2D eigenvalue weighted by Crippen LogP contribution is -2.36. The molecule has 0 aliphatic rings. The molecule has 0 aliphatic carbocycles. The van der Waals surface area contributed by atoms with E-state index in [1.165, 1.54) is 18.1 Å². The van der Waals surface area contributed by atoms with Gasteiger partial charge >= 0.3 is 12.0 Å². The van der Waals surface area contributed by atoms with Crippen LogP contribution in [0.25, 0.3) is 0 Å². The summed E-state index contributed by atoms with van der Waals surface area (Å²) in [6.07, 6.45) is -0.0445. The number of ether oxygens (including phenoxy) is 2. The van der Waals surface area contributed by atoms with E-state index in [2.05, 4.69) is 5.32 Å². The summed E-state index contributed by atoms with van der Waals surface area (Å²) in [4.78, 5) is 25.6. The van der Waals surface area contributed by atoms with E-state index < -0.39 is 29.3 Å². The molecule has 150 valence electrons. The third-order valence-corrected chi connectivity index (χ3v) is 3.91. The molecule has 8 heteroatoms. The smallest absolute Gasteiger partial charge is 0.322 e. The number of anilines is 1. The second kappa shape index (κ2) is 10.2. The summed E-state index contributed by atoms with van der Waals surface area (Å²) in [7, 11) is 1.54. The van der Waals surface area contributed by atoms with E-state index in [1.807, 2.05) is 0 Å². The maximum absolute atomic E-state index is 13.8. The molecule has 28 heavy (non-hydrogen) atoms. The number of hydrogen-bond acceptors (Lipinski definition) is 4. The zero-order valence-electron chi connectivity index (χ0n) is 15.7. The minimum absolute atomic E-state index is 0.0206. The predicted octanol–water partition coefficient (Wildman–Crippen LogP) is 3.96. The van der Waals surface area contributed by atoms with Crippen LogP contribution in [0.5, 0.6) is 5.75 Å². The predicted molar refractivity (Wildman–Crippen MR) is 100 cm³/mol. The molecule has 0 atom stereocenters. The van der Waals surface area contributed by atoms with Crippen molar-refractivity contribution in [3.8, 4) is 5.75 Å². The second-order valence-corrected chi connectivity index (χ2v) is 5.85. The van der Waals surface area contributed by atoms with Gasteiger partial charge in [-0.1, -0.05) is 18.2 Å². The van der Waals surface area contributed by atoms with Gasteiger partial charge in [0.05, 0.1) is 20.1 Å². The van der Waals surface area contributed by atoms with Crippen LogP contribution in [0.4, 0.5) is 19.3 Å². The number of rotatable bonds is 8. The lowest BCUT2D eigenvalue weighted by molar-refractivity contribution is -0.143. The molecule has 2 aromatic rings. The fourth-order valence-electron chi connectivity index (χ4n) is 2.47. The molecule has 2 rings (SSSR count). The third-order valence-electron chi connectivity index (χ3n) is 3.91. The Kier molecular flexibility index (Phi) is 7.74. The van der Waals surface area contributed by atoms with Crippen LogP contribution >= 0.6 is 0 Å². The van der Waals surface area contributed by atoms with Gasteiger partial charge in [0.15, 0.2) is 0 Å². The van der Waals surface area contributed by atoms with Gasteiger partial charge in [0.1, 0.15) is 23.1 Å². The highest BCUT2D eigenvalue weighted by molar-refractivity contribution is 5.89. The molecule has 0 aromatic heterocycles. The van der Waals surface area contributed by atoms with Gasteiger partial charge in [0.2, 0.25) is 0 Å². The number of para-hydroxylation sites is 1. The molecule has 6 nitrogen and oxygen atoms in total. The standard InChI is InChI=1S/C20H22F2N2O4/c1-3-28-18(25)11-12-24(13-14-7-9-15(27-2)10-8-14)20(26)23-19-16(21)5-4-6-17(19)22/h4-10H,3,11-13H2,1-2H3,(H,23,26). The summed E-state index contributed by atoms with van der Waals surface area (Å²) in [5, 5.41) is 2.24. The van der Waals surface area contributed by atoms with E-state index >= 15 is 0 Å². The number of urea groups is 1. The Labute approximate surface area is 162 Å². The van der Waals surface area contributed by atoms with E-state index in [-0.39, 0.29) is 26.1 Å². The molecule has 0 aliphatic heterocycles. The van der Waals surface area contributed by atoms with Gasteiger partial charge in [-0.25, -0.2) is 13.6 Å². The maximum Gasteiger partial charge on any atom is 0.322 e. The van der Waals surface area contributed by atoms with Crippen molar-refractivity contribution in [1.29, 1.82) is 0 Å². The summed E-state index contributed by atoms with van der Waals surface area (Å²) in [5.41, 5.74) is 0.220. The first kappa shape index (κ1) is 21.1. The van der Waals surface area contributed by atoms with Crippen molar-refractivity contribution >= 4 is 17.7 Å². The van der Waals surface area contributed by atoms with Gasteiger partial charge in [-0.15, -0.1) is 0 Å². The van der Waals surface area contributed by atoms with E-state index in [4.69, 9.17) is 9.47 Å². The second-order valence-electron chi connectivity index (χ2n) is 5.85. The number of nitrogens with one attached hydrogen (secondary N) is 1. The van der Waals surface area contributed by atoms with Crippen LogP contribution in [-0.2, 0) is 16.1 Å². The lowest BCUT2D eigenvalue weighted by Gasteiger charge is -2.23. The molecule has 0 spiro atoms. The van der Waals surface area contributed by atoms with E-state index in [9.17, 15) is 18.4 Å². The average molecular weight is 392 g/mol. The Morgan fingerprint density at radius 3 is 2.29 bits per heavy atom. The number of carbonyl (C=O) groups is 2. The van der Waals surface area contributed by atoms with Crippen LogP contribution in [0.2, 0.25) is 0 Å². The van der Waals surface area contributed by atoms with Crippen molar-refractivity contribution in [2.75, 3.05) is 25.6 Å². The molecule has 0 radical (unpaired) electrons. The number of nitrogens with zero attached hydrogens (tertiary/aromatic N) is 1. The van der Waals surface area contributed by atoms with E-state index in [1.54, 1.807) is 31.2 Å². The zero-order chi connectivity index (χ0) is 20.5. The molecule has 0 saturated heterocycles. The van der Waals surface area contributed by atoms with E-state index in [0.717, 1.165) is 17.7 Å². The number of amides is 2. The van der Waals surface area contributed by atoms with Gasteiger partial charge in [-0.05, 0) is 36.8 Å². The Morgan fingerprint density at radius 1 is 1.07 bits per heavy atom. The van der Waals surface area contributed by atoms with Gasteiger partial charge < -0.3 is 19.7 Å². The Hall–Kier alpha value is -3.16. The van der Waals surface area contributed by atoms with Gasteiger partial charge in [0, 0.05) is 13.1 Å². The van der Waals surface area contributed by atoms with Gasteiger partial charge in [-0.2, -0.15) is 0 Å². The first-order valence-electron chi connectivity index (χ1n) is 8.73. The highest BCUT2D eigenvalue weighted by atomic mass is 19.1. The minimum atomic E-state index is -0.886. The number of halogens is 2. The first-order valence-corrected chi connectivity index (χ1v) is 8.73. The van der Waals surface area contributed by atoms with Crippen molar-refractivity contribution in [3.05, 3.63) is 59.7 Å². The van der Waals surface area contributed by atoms with Gasteiger partial charge in [-0.3, -0.25) is 4.79 Å². The SMILES string of the molecule is CCOC(=O)CCN(Cc1ccc(OC)cc1)C(=O)Nc1c(F)cccc1F. The van der Waals surface area contributed by atoms with Crippen LogP contribution in [0.1, 0.15) is 18.9 Å². The van der Waals surface area contributed by atoms with Crippen LogP contribution in [-0.4, -0.2) is 37.2 Å². The molecule has 0 bridgehead atoms. The van der Waals surface area contributed by atoms with Crippen molar-refractivity contribution in [3.63, 3.8) is 0 Å².